The number of likely N-dealkylation sites (tertiary alicyclic amines) is 1. The summed E-state index contributed by atoms with van der Waals surface area (Å²) in [7, 11) is 0. The van der Waals surface area contributed by atoms with Crippen LogP contribution in [0.25, 0.3) is 0 Å². The number of nitrogens with one attached hydrogen (secondary N) is 1. The molecule has 0 bridgehead atoms. The first kappa shape index (κ1) is 15.9. The number of rotatable bonds is 4. The quantitative estimate of drug-likeness (QED) is 0.503. The maximum absolute atomic E-state index is 9.72. The van der Waals surface area contributed by atoms with Gasteiger partial charge in [-0.25, -0.2) is 4.99 Å². The van der Waals surface area contributed by atoms with Crippen LogP contribution in [0.3, 0.4) is 0 Å². The second-order valence-corrected chi connectivity index (χ2v) is 6.10. The number of aliphatic hydroxyl groups is 1. The Balaban J connectivity index is 1.68. The summed E-state index contributed by atoms with van der Waals surface area (Å²) >= 11 is 0. The molecule has 0 amide bonds. The Morgan fingerprint density at radius 1 is 1.35 bits per heavy atom. The van der Waals surface area contributed by atoms with Crippen LogP contribution in [0.4, 0.5) is 5.69 Å². The summed E-state index contributed by atoms with van der Waals surface area (Å²) < 4.78 is 0. The number of guanidine groups is 1. The van der Waals surface area contributed by atoms with Crippen LogP contribution < -0.4 is 10.2 Å². The van der Waals surface area contributed by atoms with Gasteiger partial charge in [0.1, 0.15) is 0 Å². The van der Waals surface area contributed by atoms with E-state index >= 15 is 0 Å². The highest BCUT2D eigenvalue weighted by Crippen LogP contribution is 2.19. The van der Waals surface area contributed by atoms with Crippen LogP contribution in [0.1, 0.15) is 18.9 Å². The molecule has 2 N–H and O–H groups in total. The Morgan fingerprint density at radius 2 is 2.17 bits per heavy atom. The summed E-state index contributed by atoms with van der Waals surface area (Å²) in [6.45, 7) is 7.08. The van der Waals surface area contributed by atoms with Crippen molar-refractivity contribution in [1.29, 1.82) is 0 Å². The maximum Gasteiger partial charge on any atom is 0.194 e. The number of hydrogen-bond acceptors (Lipinski definition) is 3. The SMILES string of the molecule is CCNC(=NCc1cccc(N2CC=CC2)c1)N1CC[C@@H](O)C1. The van der Waals surface area contributed by atoms with Gasteiger partial charge in [-0.1, -0.05) is 24.3 Å². The van der Waals surface area contributed by atoms with Gasteiger partial charge in [0.05, 0.1) is 12.6 Å². The predicted octanol–water partition coefficient (Wildman–Crippen LogP) is 1.59. The van der Waals surface area contributed by atoms with Crippen molar-refractivity contribution in [2.75, 3.05) is 37.6 Å². The molecule has 2 aliphatic rings. The molecular weight excluding hydrogens is 288 g/mol. The third-order valence-electron chi connectivity index (χ3n) is 4.30. The van der Waals surface area contributed by atoms with Crippen molar-refractivity contribution in [3.63, 3.8) is 0 Å². The molecule has 0 aliphatic carbocycles. The van der Waals surface area contributed by atoms with Gasteiger partial charge in [0.25, 0.3) is 0 Å². The highest BCUT2D eigenvalue weighted by atomic mass is 16.3. The summed E-state index contributed by atoms with van der Waals surface area (Å²) in [6.07, 6.45) is 4.99. The van der Waals surface area contributed by atoms with Crippen LogP contribution in [0.5, 0.6) is 0 Å². The van der Waals surface area contributed by atoms with Crippen molar-refractivity contribution in [3.05, 3.63) is 42.0 Å². The van der Waals surface area contributed by atoms with Crippen molar-refractivity contribution < 1.29 is 5.11 Å². The number of benzene rings is 1. The number of aliphatic hydroxyl groups excluding tert-OH is 1. The first-order valence-electron chi connectivity index (χ1n) is 8.46. The van der Waals surface area contributed by atoms with E-state index in [1.807, 2.05) is 0 Å². The lowest BCUT2D eigenvalue weighted by Gasteiger charge is -2.21. The minimum atomic E-state index is -0.232. The smallest absolute Gasteiger partial charge is 0.194 e. The van der Waals surface area contributed by atoms with Crippen LogP contribution >= 0.6 is 0 Å². The van der Waals surface area contributed by atoms with Gasteiger partial charge in [-0.05, 0) is 31.0 Å². The van der Waals surface area contributed by atoms with E-state index < -0.39 is 0 Å². The van der Waals surface area contributed by atoms with E-state index in [1.54, 1.807) is 0 Å². The monoisotopic (exact) mass is 314 g/mol. The zero-order valence-corrected chi connectivity index (χ0v) is 13.8. The Hall–Kier alpha value is -2.01. The first-order valence-corrected chi connectivity index (χ1v) is 8.46. The number of anilines is 1. The highest BCUT2D eigenvalue weighted by molar-refractivity contribution is 5.80. The van der Waals surface area contributed by atoms with E-state index in [0.29, 0.717) is 13.1 Å². The van der Waals surface area contributed by atoms with Crippen molar-refractivity contribution >= 4 is 11.6 Å². The molecule has 124 valence electrons. The van der Waals surface area contributed by atoms with Crippen molar-refractivity contribution in [2.24, 2.45) is 4.99 Å². The molecule has 2 heterocycles. The third-order valence-corrected chi connectivity index (χ3v) is 4.30. The van der Waals surface area contributed by atoms with Crippen molar-refractivity contribution in [3.8, 4) is 0 Å². The largest absolute Gasteiger partial charge is 0.391 e. The van der Waals surface area contributed by atoms with Gasteiger partial charge in [0.15, 0.2) is 5.96 Å². The van der Waals surface area contributed by atoms with E-state index in [0.717, 1.165) is 38.6 Å². The van der Waals surface area contributed by atoms with E-state index in [4.69, 9.17) is 4.99 Å². The molecule has 1 aromatic rings. The summed E-state index contributed by atoms with van der Waals surface area (Å²) in [5.74, 6) is 0.900. The molecule has 1 fully saturated rings. The maximum atomic E-state index is 9.72. The second kappa shape index (κ2) is 7.51. The molecular formula is C18H26N4O. The Labute approximate surface area is 138 Å². The van der Waals surface area contributed by atoms with E-state index in [9.17, 15) is 5.11 Å². The Bertz CT molecular complexity index is 576. The molecule has 1 saturated heterocycles. The van der Waals surface area contributed by atoms with Crippen LogP contribution in [-0.4, -0.2) is 54.8 Å². The molecule has 0 unspecified atom stereocenters. The van der Waals surface area contributed by atoms with Gasteiger partial charge in [-0.2, -0.15) is 0 Å². The molecule has 5 heteroatoms. The third kappa shape index (κ3) is 4.05. The number of aliphatic imine (C=N–C) groups is 1. The summed E-state index contributed by atoms with van der Waals surface area (Å²) in [6, 6.07) is 8.60. The van der Waals surface area contributed by atoms with E-state index in [2.05, 4.69) is 58.5 Å². The molecule has 2 aliphatic heterocycles. The molecule has 23 heavy (non-hydrogen) atoms. The lowest BCUT2D eigenvalue weighted by Crippen LogP contribution is -2.40. The van der Waals surface area contributed by atoms with Crippen LogP contribution in [0.2, 0.25) is 0 Å². The molecule has 3 rings (SSSR count). The minimum absolute atomic E-state index is 0.232. The fourth-order valence-electron chi connectivity index (χ4n) is 3.07. The normalized spacial score (nSPS) is 21.3. The molecule has 0 saturated carbocycles. The predicted molar refractivity (Wildman–Crippen MR) is 94.8 cm³/mol. The fraction of sp³-hybridized carbons (Fsp3) is 0.500. The molecule has 1 aromatic carbocycles. The van der Waals surface area contributed by atoms with Gasteiger partial charge in [0, 0.05) is 38.4 Å². The van der Waals surface area contributed by atoms with E-state index in [1.165, 1.54) is 11.3 Å². The van der Waals surface area contributed by atoms with Gasteiger partial charge in [0.2, 0.25) is 0 Å². The topological polar surface area (TPSA) is 51.1 Å². The van der Waals surface area contributed by atoms with E-state index in [-0.39, 0.29) is 6.10 Å². The number of nitrogens with zero attached hydrogens (tertiary/aromatic N) is 3. The van der Waals surface area contributed by atoms with Crippen LogP contribution in [0, 0.1) is 0 Å². The van der Waals surface area contributed by atoms with Gasteiger partial charge in [-0.3, -0.25) is 0 Å². The van der Waals surface area contributed by atoms with Gasteiger partial charge < -0.3 is 20.2 Å². The minimum Gasteiger partial charge on any atom is -0.391 e. The summed E-state index contributed by atoms with van der Waals surface area (Å²) in [5, 5.41) is 13.1. The standard InChI is InChI=1S/C18H26N4O/c1-2-19-18(22-11-8-17(23)14-22)20-13-15-6-5-7-16(12-15)21-9-3-4-10-21/h3-7,12,17,23H,2,8-11,13-14H2,1H3,(H,19,20)/t17-/m1/s1. The number of hydrogen-bond donors (Lipinski definition) is 2. The highest BCUT2D eigenvalue weighted by Gasteiger charge is 2.22. The second-order valence-electron chi connectivity index (χ2n) is 6.10. The lowest BCUT2D eigenvalue weighted by molar-refractivity contribution is 0.188. The summed E-state index contributed by atoms with van der Waals surface area (Å²) in [5.41, 5.74) is 2.47. The van der Waals surface area contributed by atoms with Gasteiger partial charge >= 0.3 is 0 Å². The van der Waals surface area contributed by atoms with Crippen LogP contribution in [-0.2, 0) is 6.54 Å². The van der Waals surface area contributed by atoms with Gasteiger partial charge in [-0.15, -0.1) is 0 Å². The number of β-amino-alcohol motifs (C(OH)–C–C–N with tert-alkyl or cyclic N) is 1. The van der Waals surface area contributed by atoms with Crippen LogP contribution in [0.15, 0.2) is 41.4 Å². The van der Waals surface area contributed by atoms with Crippen molar-refractivity contribution in [2.45, 2.75) is 26.0 Å². The average molecular weight is 314 g/mol. The Kier molecular flexibility index (Phi) is 5.18. The molecule has 1 atom stereocenters. The zero-order valence-electron chi connectivity index (χ0n) is 13.8. The molecule has 0 aromatic heterocycles. The molecule has 0 radical (unpaired) electrons. The lowest BCUT2D eigenvalue weighted by atomic mass is 10.2. The average Bonchev–Trinajstić information content (AvgIpc) is 3.23. The molecule has 0 spiro atoms. The molecule has 5 nitrogen and oxygen atoms in total. The van der Waals surface area contributed by atoms with Crippen molar-refractivity contribution in [1.82, 2.24) is 10.2 Å². The Morgan fingerprint density at radius 3 is 2.87 bits per heavy atom. The zero-order chi connectivity index (χ0) is 16.1. The first-order chi connectivity index (χ1) is 11.3. The summed E-state index contributed by atoms with van der Waals surface area (Å²) in [4.78, 5) is 9.24. The fourth-order valence-corrected chi connectivity index (χ4v) is 3.07.